The van der Waals surface area contributed by atoms with E-state index in [-0.39, 0.29) is 11.3 Å². The number of rotatable bonds is 3. The van der Waals surface area contributed by atoms with Gasteiger partial charge in [0.15, 0.2) is 0 Å². The van der Waals surface area contributed by atoms with E-state index >= 15 is 0 Å². The molecular weight excluding hydrogens is 296 g/mol. The maximum atomic E-state index is 10.9. The summed E-state index contributed by atoms with van der Waals surface area (Å²) in [6.45, 7) is 0. The zero-order valence-electron chi connectivity index (χ0n) is 6.57. The van der Waals surface area contributed by atoms with E-state index < -0.39 is 24.2 Å². The van der Waals surface area contributed by atoms with Gasteiger partial charge in [-0.3, -0.25) is 0 Å². The van der Waals surface area contributed by atoms with Crippen LogP contribution < -0.4 is 4.46 Å². The van der Waals surface area contributed by atoms with Gasteiger partial charge in [-0.1, -0.05) is 0 Å². The van der Waals surface area contributed by atoms with Crippen molar-refractivity contribution < 1.29 is 9.72 Å². The SMILES string of the molecule is O=C(Cl)c1cc([N+](=O)[O-])ccc1[Se]Cl. The van der Waals surface area contributed by atoms with Crippen LogP contribution in [0.25, 0.3) is 0 Å². The summed E-state index contributed by atoms with van der Waals surface area (Å²) in [5.74, 6) is 0. The quantitative estimate of drug-likeness (QED) is 0.367. The Labute approximate surface area is 94.7 Å². The van der Waals surface area contributed by atoms with Crippen molar-refractivity contribution in [3.05, 3.63) is 33.9 Å². The van der Waals surface area contributed by atoms with Gasteiger partial charge in [0.25, 0.3) is 0 Å². The van der Waals surface area contributed by atoms with Crippen LogP contribution in [0.1, 0.15) is 10.4 Å². The molecule has 74 valence electrons. The molecule has 0 aliphatic rings. The van der Waals surface area contributed by atoms with Gasteiger partial charge in [-0.2, -0.15) is 0 Å². The molecule has 0 heterocycles. The fraction of sp³-hybridized carbons (Fsp3) is 0. The van der Waals surface area contributed by atoms with Gasteiger partial charge in [0.2, 0.25) is 0 Å². The summed E-state index contributed by atoms with van der Waals surface area (Å²) < 4.78 is 0.546. The van der Waals surface area contributed by atoms with E-state index in [2.05, 4.69) is 0 Å². The molecule has 0 N–H and O–H groups in total. The Morgan fingerprint density at radius 2 is 2.14 bits per heavy atom. The van der Waals surface area contributed by atoms with Crippen molar-refractivity contribution in [1.29, 1.82) is 0 Å². The molecule has 1 aromatic carbocycles. The molecule has 0 amide bonds. The standard InChI is InChI=1S/C7H3Cl2NO3Se/c8-7(11)5-3-4(10(12)13)1-2-6(5)14-9/h1-3H. The number of benzene rings is 1. The number of carbonyl (C=O) groups is 1. The second-order valence-electron chi connectivity index (χ2n) is 2.29. The number of nitrogens with zero attached hydrogens (tertiary/aromatic N) is 1. The van der Waals surface area contributed by atoms with E-state index in [0.29, 0.717) is 4.46 Å². The van der Waals surface area contributed by atoms with E-state index in [4.69, 9.17) is 21.7 Å². The Bertz CT molecular complexity index is 397. The summed E-state index contributed by atoms with van der Waals surface area (Å²) in [5, 5.41) is 9.67. The molecular formula is C7H3Cl2NO3Se. The molecule has 0 atom stereocenters. The minimum atomic E-state index is -0.730. The molecule has 1 aromatic rings. The van der Waals surface area contributed by atoms with Crippen LogP contribution in [-0.2, 0) is 0 Å². The van der Waals surface area contributed by atoms with Crippen molar-refractivity contribution in [2.75, 3.05) is 0 Å². The first-order valence-corrected chi connectivity index (χ1v) is 6.81. The van der Waals surface area contributed by atoms with Crippen molar-refractivity contribution in [2.45, 2.75) is 0 Å². The van der Waals surface area contributed by atoms with Crippen molar-refractivity contribution in [3.8, 4) is 0 Å². The fourth-order valence-corrected chi connectivity index (χ4v) is 2.58. The summed E-state index contributed by atoms with van der Waals surface area (Å²) >= 11 is 4.82. The summed E-state index contributed by atoms with van der Waals surface area (Å²) in [6, 6.07) is 3.87. The fourth-order valence-electron chi connectivity index (χ4n) is 0.852. The first-order chi connectivity index (χ1) is 6.56. The van der Waals surface area contributed by atoms with Crippen LogP contribution in [0, 0.1) is 10.1 Å². The van der Waals surface area contributed by atoms with Crippen molar-refractivity contribution in [1.82, 2.24) is 0 Å². The van der Waals surface area contributed by atoms with Gasteiger partial charge >= 0.3 is 94.7 Å². The van der Waals surface area contributed by atoms with E-state index in [9.17, 15) is 14.9 Å². The van der Waals surface area contributed by atoms with Gasteiger partial charge in [-0.15, -0.1) is 0 Å². The molecule has 0 aliphatic heterocycles. The Morgan fingerprint density at radius 3 is 2.57 bits per heavy atom. The van der Waals surface area contributed by atoms with Gasteiger partial charge in [0, 0.05) is 0 Å². The van der Waals surface area contributed by atoms with Crippen molar-refractivity contribution >= 4 is 51.1 Å². The molecule has 0 saturated carbocycles. The average molecular weight is 299 g/mol. The third-order valence-electron chi connectivity index (χ3n) is 1.47. The monoisotopic (exact) mass is 299 g/mol. The van der Waals surface area contributed by atoms with Crippen LogP contribution in [-0.4, -0.2) is 24.2 Å². The summed E-state index contributed by atoms with van der Waals surface area (Å²) in [4.78, 5) is 20.7. The van der Waals surface area contributed by atoms with E-state index in [1.807, 2.05) is 0 Å². The molecule has 7 heteroatoms. The zero-order chi connectivity index (χ0) is 10.7. The van der Waals surface area contributed by atoms with E-state index in [1.165, 1.54) is 12.1 Å². The second-order valence-corrected chi connectivity index (χ2v) is 4.68. The molecule has 0 spiro atoms. The Hall–Kier alpha value is -0.611. The van der Waals surface area contributed by atoms with Gasteiger partial charge in [0.05, 0.1) is 0 Å². The number of nitro groups is 1. The van der Waals surface area contributed by atoms with Gasteiger partial charge in [-0.25, -0.2) is 0 Å². The van der Waals surface area contributed by atoms with Crippen LogP contribution in [0.15, 0.2) is 18.2 Å². The predicted octanol–water partition coefficient (Wildman–Crippen LogP) is 1.46. The molecule has 0 aromatic heterocycles. The number of carbonyl (C=O) groups excluding carboxylic acids is 1. The van der Waals surface area contributed by atoms with E-state index in [0.717, 1.165) is 6.07 Å². The minimum absolute atomic E-state index is 0.107. The van der Waals surface area contributed by atoms with Gasteiger partial charge in [-0.05, 0) is 0 Å². The van der Waals surface area contributed by atoms with Crippen LogP contribution in [0.4, 0.5) is 5.69 Å². The number of hydrogen-bond acceptors (Lipinski definition) is 3. The maximum absolute atomic E-state index is 10.9. The third-order valence-corrected chi connectivity index (χ3v) is 3.63. The van der Waals surface area contributed by atoms with Crippen molar-refractivity contribution in [2.24, 2.45) is 0 Å². The Kier molecular flexibility index (Phi) is 3.89. The Balaban J connectivity index is 3.27. The average Bonchev–Trinajstić information content (AvgIpc) is 2.16. The second kappa shape index (κ2) is 4.75. The Morgan fingerprint density at radius 1 is 1.50 bits per heavy atom. The number of halogens is 2. The summed E-state index contributed by atoms with van der Waals surface area (Å²) in [5.41, 5.74) is -0.0606. The zero-order valence-corrected chi connectivity index (χ0v) is 9.79. The normalized spacial score (nSPS) is 9.86. The van der Waals surface area contributed by atoms with Gasteiger partial charge < -0.3 is 0 Å². The van der Waals surface area contributed by atoms with Crippen LogP contribution >= 0.6 is 21.7 Å². The molecule has 0 radical (unpaired) electrons. The number of nitro benzene ring substituents is 1. The molecule has 1 rings (SSSR count). The number of non-ortho nitro benzene ring substituents is 1. The van der Waals surface area contributed by atoms with Crippen molar-refractivity contribution in [3.63, 3.8) is 0 Å². The summed E-state index contributed by atoms with van der Waals surface area (Å²) in [6.07, 6.45) is 0. The molecule has 0 fully saturated rings. The summed E-state index contributed by atoms with van der Waals surface area (Å²) in [7, 11) is 5.59. The van der Waals surface area contributed by atoms with E-state index in [1.54, 1.807) is 0 Å². The first kappa shape index (κ1) is 11.5. The molecule has 0 aliphatic carbocycles. The third kappa shape index (κ3) is 2.45. The topological polar surface area (TPSA) is 60.2 Å². The van der Waals surface area contributed by atoms with Crippen LogP contribution in [0.5, 0.6) is 0 Å². The number of hydrogen-bond donors (Lipinski definition) is 0. The molecule has 0 unspecified atom stereocenters. The van der Waals surface area contributed by atoms with Crippen LogP contribution in [0.3, 0.4) is 0 Å². The molecule has 0 bridgehead atoms. The first-order valence-electron chi connectivity index (χ1n) is 3.33. The van der Waals surface area contributed by atoms with Gasteiger partial charge in [0.1, 0.15) is 0 Å². The molecule has 14 heavy (non-hydrogen) atoms. The molecule has 0 saturated heterocycles. The molecule has 4 nitrogen and oxygen atoms in total. The predicted molar refractivity (Wildman–Crippen MR) is 54.5 cm³/mol. The van der Waals surface area contributed by atoms with Crippen LogP contribution in [0.2, 0.25) is 0 Å².